The molecule has 1 aromatic carbocycles. The molecule has 1 aromatic rings. The average molecular weight is 364 g/mol. The fraction of sp³-hybridized carbons (Fsp3) is 0.462. The molecule has 1 rings (SSSR count). The summed E-state index contributed by atoms with van der Waals surface area (Å²) in [5.74, 6) is -2.04. The Hall–Kier alpha value is -0.980. The van der Waals surface area contributed by atoms with Gasteiger partial charge in [0, 0.05) is 0 Å². The lowest BCUT2D eigenvalue weighted by molar-refractivity contribution is 0.0691. The fourth-order valence-corrected chi connectivity index (χ4v) is 2.91. The van der Waals surface area contributed by atoms with Crippen molar-refractivity contribution < 1.29 is 20.1 Å². The lowest BCUT2D eigenvalue weighted by atomic mass is 9.93. The molecule has 100 valence electrons. The van der Waals surface area contributed by atoms with Gasteiger partial charge in [-0.2, -0.15) is 0 Å². The minimum Gasteiger partial charge on any atom is -0.504 e. The van der Waals surface area contributed by atoms with E-state index in [1.54, 1.807) is 0 Å². The first-order chi connectivity index (χ1) is 8.45. The molecule has 0 aliphatic heterocycles. The Bertz CT molecular complexity index is 469. The normalized spacial score (nSPS) is 10.6. The molecular weight excluding hydrogens is 347 g/mol. The summed E-state index contributed by atoms with van der Waals surface area (Å²) < 4.78 is 0.556. The van der Waals surface area contributed by atoms with E-state index in [2.05, 4.69) is 0 Å². The number of halogens is 1. The average Bonchev–Trinajstić information content (AvgIpc) is 2.31. The third-order valence-electron chi connectivity index (χ3n) is 2.81. The van der Waals surface area contributed by atoms with Crippen LogP contribution in [-0.2, 0) is 12.8 Å². The molecule has 4 nitrogen and oxygen atoms in total. The van der Waals surface area contributed by atoms with Crippen molar-refractivity contribution >= 4 is 28.6 Å². The second-order valence-corrected chi connectivity index (χ2v) is 5.23. The molecule has 0 aromatic heterocycles. The summed E-state index contributed by atoms with van der Waals surface area (Å²) in [6, 6.07) is 0. The maximum Gasteiger partial charge on any atom is 0.339 e. The fourth-order valence-electron chi connectivity index (χ4n) is 2.06. The molecule has 3 N–H and O–H groups in total. The van der Waals surface area contributed by atoms with Crippen LogP contribution in [0.5, 0.6) is 11.5 Å². The summed E-state index contributed by atoms with van der Waals surface area (Å²) in [5, 5.41) is 28.8. The zero-order valence-corrected chi connectivity index (χ0v) is 12.6. The molecule has 0 heterocycles. The van der Waals surface area contributed by atoms with Crippen LogP contribution < -0.4 is 0 Å². The first-order valence-corrected chi connectivity index (χ1v) is 7.01. The van der Waals surface area contributed by atoms with E-state index >= 15 is 0 Å². The third-order valence-corrected chi connectivity index (χ3v) is 3.98. The highest BCUT2D eigenvalue weighted by molar-refractivity contribution is 14.1. The van der Waals surface area contributed by atoms with Gasteiger partial charge in [0.25, 0.3) is 0 Å². The van der Waals surface area contributed by atoms with Gasteiger partial charge in [-0.15, -0.1) is 0 Å². The topological polar surface area (TPSA) is 77.8 Å². The number of aromatic hydroxyl groups is 2. The molecule has 18 heavy (non-hydrogen) atoms. The van der Waals surface area contributed by atoms with Crippen molar-refractivity contribution in [1.82, 2.24) is 0 Å². The van der Waals surface area contributed by atoms with Gasteiger partial charge >= 0.3 is 5.97 Å². The van der Waals surface area contributed by atoms with Crippen molar-refractivity contribution in [3.63, 3.8) is 0 Å². The number of phenols is 2. The maximum atomic E-state index is 11.3. The Morgan fingerprint density at radius 1 is 1.06 bits per heavy atom. The Kier molecular flexibility index (Phi) is 5.25. The number of carbonyl (C=O) groups is 1. The molecule has 0 amide bonds. The Labute approximate surface area is 120 Å². The minimum absolute atomic E-state index is 0.154. The second kappa shape index (κ2) is 6.26. The van der Waals surface area contributed by atoms with Crippen LogP contribution in [0.4, 0.5) is 0 Å². The molecule has 0 bridgehead atoms. The van der Waals surface area contributed by atoms with E-state index < -0.39 is 11.7 Å². The minimum atomic E-state index is -1.19. The van der Waals surface area contributed by atoms with Gasteiger partial charge < -0.3 is 15.3 Å². The van der Waals surface area contributed by atoms with Crippen molar-refractivity contribution in [2.45, 2.75) is 39.5 Å². The Balaban J connectivity index is 3.62. The number of hydrogen-bond donors (Lipinski definition) is 3. The van der Waals surface area contributed by atoms with Crippen LogP contribution in [0.1, 0.15) is 48.2 Å². The zero-order chi connectivity index (χ0) is 13.9. The second-order valence-electron chi connectivity index (χ2n) is 4.15. The molecule has 0 aliphatic carbocycles. The van der Waals surface area contributed by atoms with Gasteiger partial charge in [0.05, 0.1) is 3.57 Å². The third kappa shape index (κ3) is 2.71. The van der Waals surface area contributed by atoms with Crippen LogP contribution in [0.3, 0.4) is 0 Å². The number of rotatable bonds is 5. The first-order valence-electron chi connectivity index (χ1n) is 5.94. The van der Waals surface area contributed by atoms with E-state index in [0.717, 1.165) is 18.4 Å². The van der Waals surface area contributed by atoms with Gasteiger partial charge in [-0.1, -0.05) is 26.7 Å². The lowest BCUT2D eigenvalue weighted by Gasteiger charge is -2.17. The van der Waals surface area contributed by atoms with E-state index in [1.807, 2.05) is 36.4 Å². The van der Waals surface area contributed by atoms with Crippen molar-refractivity contribution in [3.8, 4) is 11.5 Å². The summed E-state index contributed by atoms with van der Waals surface area (Å²) in [5.41, 5.74) is 1.33. The Morgan fingerprint density at radius 3 is 2.00 bits per heavy atom. The standard InChI is InChI=1S/C13H17IO4/c1-3-5-7-8(6-4-2)10(14)12(16)11(15)9(7)13(17)18/h15-16H,3-6H2,1-2H3,(H,17,18). The number of carboxylic acids is 1. The van der Waals surface area contributed by atoms with Crippen LogP contribution in [0, 0.1) is 3.57 Å². The van der Waals surface area contributed by atoms with Gasteiger partial charge in [-0.05, 0) is 46.6 Å². The van der Waals surface area contributed by atoms with E-state index in [-0.39, 0.29) is 11.3 Å². The van der Waals surface area contributed by atoms with Gasteiger partial charge in [-0.25, -0.2) is 4.79 Å². The molecule has 0 aliphatic rings. The predicted molar refractivity (Wildman–Crippen MR) is 77.4 cm³/mol. The van der Waals surface area contributed by atoms with E-state index in [9.17, 15) is 20.1 Å². The van der Waals surface area contributed by atoms with Gasteiger partial charge in [-0.3, -0.25) is 0 Å². The molecule has 0 unspecified atom stereocenters. The number of hydrogen-bond acceptors (Lipinski definition) is 3. The largest absolute Gasteiger partial charge is 0.504 e. The molecule has 5 heteroatoms. The molecule has 0 spiro atoms. The molecule has 0 fully saturated rings. The van der Waals surface area contributed by atoms with Crippen molar-refractivity contribution in [1.29, 1.82) is 0 Å². The lowest BCUT2D eigenvalue weighted by Crippen LogP contribution is -2.09. The maximum absolute atomic E-state index is 11.3. The SMILES string of the molecule is CCCc1c(I)c(O)c(O)c(C(=O)O)c1CCC. The molecule has 0 saturated heterocycles. The van der Waals surface area contributed by atoms with Crippen LogP contribution in [0.15, 0.2) is 0 Å². The van der Waals surface area contributed by atoms with E-state index in [1.165, 1.54) is 0 Å². The summed E-state index contributed by atoms with van der Waals surface area (Å²) in [6.07, 6.45) is 2.93. The predicted octanol–water partition coefficient (Wildman–Crippen LogP) is 3.31. The number of phenolic OH excluding ortho intramolecular Hbond substituents is 1. The highest BCUT2D eigenvalue weighted by Gasteiger charge is 2.25. The monoisotopic (exact) mass is 364 g/mol. The van der Waals surface area contributed by atoms with E-state index in [0.29, 0.717) is 22.0 Å². The first kappa shape index (κ1) is 15.1. The smallest absolute Gasteiger partial charge is 0.339 e. The highest BCUT2D eigenvalue weighted by atomic mass is 127. The summed E-state index contributed by atoms with van der Waals surface area (Å²) in [4.78, 5) is 11.3. The van der Waals surface area contributed by atoms with Crippen LogP contribution in [0.25, 0.3) is 0 Å². The Morgan fingerprint density at radius 2 is 1.56 bits per heavy atom. The number of benzene rings is 1. The van der Waals surface area contributed by atoms with Crippen LogP contribution in [-0.4, -0.2) is 21.3 Å². The quantitative estimate of drug-likeness (QED) is 0.554. The van der Waals surface area contributed by atoms with Crippen LogP contribution in [0.2, 0.25) is 0 Å². The highest BCUT2D eigenvalue weighted by Crippen LogP contribution is 2.40. The summed E-state index contributed by atoms with van der Waals surface area (Å²) in [7, 11) is 0. The summed E-state index contributed by atoms with van der Waals surface area (Å²) >= 11 is 1.96. The number of carboxylic acid groups (broad SMARTS) is 1. The number of aromatic carboxylic acids is 1. The van der Waals surface area contributed by atoms with Gasteiger partial charge in [0.15, 0.2) is 11.5 Å². The van der Waals surface area contributed by atoms with E-state index in [4.69, 9.17) is 0 Å². The van der Waals surface area contributed by atoms with Crippen LogP contribution >= 0.6 is 22.6 Å². The van der Waals surface area contributed by atoms with Gasteiger partial charge in [0.1, 0.15) is 5.56 Å². The molecule has 0 saturated carbocycles. The van der Waals surface area contributed by atoms with Crippen molar-refractivity contribution in [2.24, 2.45) is 0 Å². The molecular formula is C13H17IO4. The summed E-state index contributed by atoms with van der Waals surface area (Å²) in [6.45, 7) is 3.95. The zero-order valence-electron chi connectivity index (χ0n) is 10.5. The molecule has 0 radical (unpaired) electrons. The van der Waals surface area contributed by atoms with Crippen molar-refractivity contribution in [2.75, 3.05) is 0 Å². The van der Waals surface area contributed by atoms with Crippen molar-refractivity contribution in [3.05, 3.63) is 20.3 Å². The van der Waals surface area contributed by atoms with Gasteiger partial charge in [0.2, 0.25) is 0 Å². The molecule has 0 atom stereocenters.